The minimum Gasteiger partial charge on any atom is -0.212 e. The Balaban J connectivity index is 2.14. The van der Waals surface area contributed by atoms with Gasteiger partial charge in [-0.25, -0.2) is 13.1 Å². The Hall–Kier alpha value is -1.65. The largest absolute Gasteiger partial charge is 0.216 e. The van der Waals surface area contributed by atoms with Crippen molar-refractivity contribution in [3.63, 3.8) is 0 Å². The van der Waals surface area contributed by atoms with Crippen molar-refractivity contribution in [3.8, 4) is 0 Å². The van der Waals surface area contributed by atoms with E-state index in [9.17, 15) is 8.42 Å². The molecule has 0 aliphatic carbocycles. The first kappa shape index (κ1) is 16.7. The van der Waals surface area contributed by atoms with Crippen LogP contribution in [-0.4, -0.2) is 8.42 Å². The number of rotatable bonds is 5. The molecule has 0 spiro atoms. The average molecular weight is 317 g/mol. The van der Waals surface area contributed by atoms with E-state index in [4.69, 9.17) is 0 Å². The molecule has 0 bridgehead atoms. The molecule has 0 fully saturated rings. The van der Waals surface area contributed by atoms with E-state index in [0.29, 0.717) is 0 Å². The lowest BCUT2D eigenvalue weighted by atomic mass is 10.0. The molecule has 2 aromatic carbocycles. The van der Waals surface area contributed by atoms with Gasteiger partial charge in [0.1, 0.15) is 0 Å². The molecule has 0 unspecified atom stereocenters. The van der Waals surface area contributed by atoms with Gasteiger partial charge < -0.3 is 0 Å². The van der Waals surface area contributed by atoms with Gasteiger partial charge in [-0.15, -0.1) is 0 Å². The normalized spacial score (nSPS) is 13.1. The molecule has 1 atom stereocenters. The van der Waals surface area contributed by atoms with Crippen LogP contribution in [0.5, 0.6) is 0 Å². The van der Waals surface area contributed by atoms with Crippen molar-refractivity contribution < 1.29 is 8.42 Å². The molecule has 0 saturated carbocycles. The Morgan fingerprint density at radius 1 is 1.00 bits per heavy atom. The van der Waals surface area contributed by atoms with Crippen LogP contribution in [0.25, 0.3) is 0 Å². The number of hydrogen-bond acceptors (Lipinski definition) is 2. The maximum absolute atomic E-state index is 12.4. The highest BCUT2D eigenvalue weighted by atomic mass is 32.2. The van der Waals surface area contributed by atoms with Gasteiger partial charge in [-0.1, -0.05) is 53.6 Å². The fourth-order valence-electron chi connectivity index (χ4n) is 2.71. The van der Waals surface area contributed by atoms with Gasteiger partial charge in [0, 0.05) is 6.04 Å². The summed E-state index contributed by atoms with van der Waals surface area (Å²) in [7, 11) is -3.38. The van der Waals surface area contributed by atoms with Gasteiger partial charge in [0.05, 0.1) is 5.75 Å². The second kappa shape index (κ2) is 6.63. The Labute approximate surface area is 133 Å². The van der Waals surface area contributed by atoms with Crippen LogP contribution in [0, 0.1) is 20.8 Å². The third-order valence-corrected chi connectivity index (χ3v) is 5.11. The molecule has 118 valence electrons. The molecule has 0 aliphatic rings. The maximum Gasteiger partial charge on any atom is 0.216 e. The summed E-state index contributed by atoms with van der Waals surface area (Å²) in [6.45, 7) is 7.88. The third-order valence-electron chi connectivity index (χ3n) is 3.69. The smallest absolute Gasteiger partial charge is 0.212 e. The molecule has 1 N–H and O–H groups in total. The van der Waals surface area contributed by atoms with Crippen molar-refractivity contribution in [3.05, 3.63) is 70.3 Å². The lowest BCUT2D eigenvalue weighted by Gasteiger charge is -2.17. The summed E-state index contributed by atoms with van der Waals surface area (Å²) < 4.78 is 27.5. The summed E-state index contributed by atoms with van der Waals surface area (Å²) >= 11 is 0. The number of benzene rings is 2. The van der Waals surface area contributed by atoms with Crippen LogP contribution in [0.15, 0.2) is 42.5 Å². The molecule has 4 heteroatoms. The van der Waals surface area contributed by atoms with Gasteiger partial charge in [-0.05, 0) is 44.4 Å². The van der Waals surface area contributed by atoms with E-state index in [2.05, 4.69) is 10.8 Å². The van der Waals surface area contributed by atoms with E-state index >= 15 is 0 Å². The monoisotopic (exact) mass is 317 g/mol. The lowest BCUT2D eigenvalue weighted by Crippen LogP contribution is -2.28. The summed E-state index contributed by atoms with van der Waals surface area (Å²) in [4.78, 5) is 0. The fraction of sp³-hybridized carbons (Fsp3) is 0.333. The van der Waals surface area contributed by atoms with E-state index in [1.807, 2.05) is 64.1 Å². The zero-order valence-corrected chi connectivity index (χ0v) is 14.4. The van der Waals surface area contributed by atoms with Crippen LogP contribution in [0.3, 0.4) is 0 Å². The molecular formula is C18H23NO2S. The predicted molar refractivity (Wildman–Crippen MR) is 91.3 cm³/mol. The van der Waals surface area contributed by atoms with Gasteiger partial charge in [-0.3, -0.25) is 0 Å². The fourth-order valence-corrected chi connectivity index (χ4v) is 4.07. The van der Waals surface area contributed by atoms with Gasteiger partial charge >= 0.3 is 0 Å². The van der Waals surface area contributed by atoms with Crippen LogP contribution in [0.2, 0.25) is 0 Å². The molecule has 0 aliphatic heterocycles. The highest BCUT2D eigenvalue weighted by molar-refractivity contribution is 7.88. The van der Waals surface area contributed by atoms with E-state index in [1.165, 1.54) is 5.56 Å². The SMILES string of the molecule is Cc1cccc(CS(=O)(=O)N[C@@H](C)c2ccc(C)cc2C)c1. The maximum atomic E-state index is 12.4. The van der Waals surface area contributed by atoms with Crippen LogP contribution in [0.1, 0.15) is 40.8 Å². The van der Waals surface area contributed by atoms with Crippen LogP contribution in [0.4, 0.5) is 0 Å². The van der Waals surface area contributed by atoms with Crippen LogP contribution < -0.4 is 4.72 Å². The van der Waals surface area contributed by atoms with Crippen LogP contribution in [-0.2, 0) is 15.8 Å². The van der Waals surface area contributed by atoms with E-state index in [1.54, 1.807) is 0 Å². The summed E-state index contributed by atoms with van der Waals surface area (Å²) in [5, 5.41) is 0. The molecule has 2 aromatic rings. The summed E-state index contributed by atoms with van der Waals surface area (Å²) in [5.74, 6) is 0.00390. The zero-order chi connectivity index (χ0) is 16.3. The van der Waals surface area contributed by atoms with E-state index in [0.717, 1.165) is 22.3 Å². The highest BCUT2D eigenvalue weighted by Gasteiger charge is 2.17. The number of sulfonamides is 1. The zero-order valence-electron chi connectivity index (χ0n) is 13.6. The standard InChI is InChI=1S/C18H23NO2S/c1-13-6-5-7-17(11-13)12-22(20,21)19-16(4)18-9-8-14(2)10-15(18)3/h5-11,16,19H,12H2,1-4H3/t16-/m0/s1. The van der Waals surface area contributed by atoms with Crippen molar-refractivity contribution >= 4 is 10.0 Å². The molecule has 0 heterocycles. The first-order chi connectivity index (χ1) is 10.3. The highest BCUT2D eigenvalue weighted by Crippen LogP contribution is 2.20. The van der Waals surface area contributed by atoms with Crippen molar-refractivity contribution in [1.82, 2.24) is 4.72 Å². The summed E-state index contributed by atoms with van der Waals surface area (Å²) in [6.07, 6.45) is 0. The Bertz CT molecular complexity index is 766. The molecule has 0 radical (unpaired) electrons. The number of aryl methyl sites for hydroxylation is 3. The van der Waals surface area contributed by atoms with Crippen molar-refractivity contribution in [2.45, 2.75) is 39.5 Å². The Morgan fingerprint density at radius 3 is 2.32 bits per heavy atom. The topological polar surface area (TPSA) is 46.2 Å². The van der Waals surface area contributed by atoms with Crippen molar-refractivity contribution in [2.24, 2.45) is 0 Å². The van der Waals surface area contributed by atoms with Crippen molar-refractivity contribution in [1.29, 1.82) is 0 Å². The van der Waals surface area contributed by atoms with Crippen molar-refractivity contribution in [2.75, 3.05) is 0 Å². The molecule has 0 saturated heterocycles. The second-order valence-electron chi connectivity index (χ2n) is 5.95. The van der Waals surface area contributed by atoms with Gasteiger partial charge in [0.2, 0.25) is 10.0 Å². The van der Waals surface area contributed by atoms with E-state index in [-0.39, 0.29) is 11.8 Å². The first-order valence-corrected chi connectivity index (χ1v) is 9.05. The number of nitrogens with one attached hydrogen (secondary N) is 1. The minimum absolute atomic E-state index is 0.00390. The quantitative estimate of drug-likeness (QED) is 0.912. The number of hydrogen-bond donors (Lipinski definition) is 1. The summed E-state index contributed by atoms with van der Waals surface area (Å²) in [5.41, 5.74) is 5.16. The third kappa shape index (κ3) is 4.42. The predicted octanol–water partition coefficient (Wildman–Crippen LogP) is 3.79. The molecule has 3 nitrogen and oxygen atoms in total. The molecule has 22 heavy (non-hydrogen) atoms. The Morgan fingerprint density at radius 2 is 1.68 bits per heavy atom. The molecule has 0 aromatic heterocycles. The van der Waals surface area contributed by atoms with Gasteiger partial charge in [-0.2, -0.15) is 0 Å². The van der Waals surface area contributed by atoms with Crippen LogP contribution >= 0.6 is 0 Å². The second-order valence-corrected chi connectivity index (χ2v) is 7.70. The lowest BCUT2D eigenvalue weighted by molar-refractivity contribution is 0.565. The minimum atomic E-state index is -3.38. The Kier molecular flexibility index (Phi) is 5.04. The van der Waals surface area contributed by atoms with Gasteiger partial charge in [0.25, 0.3) is 0 Å². The molecule has 0 amide bonds. The summed E-state index contributed by atoms with van der Waals surface area (Å²) in [6, 6.07) is 13.4. The van der Waals surface area contributed by atoms with E-state index < -0.39 is 10.0 Å². The first-order valence-electron chi connectivity index (χ1n) is 7.39. The average Bonchev–Trinajstić information content (AvgIpc) is 2.36. The molecule has 2 rings (SSSR count). The molecular weight excluding hydrogens is 294 g/mol. The van der Waals surface area contributed by atoms with Gasteiger partial charge in [0.15, 0.2) is 0 Å².